The van der Waals surface area contributed by atoms with Crippen molar-refractivity contribution >= 4 is 51.1 Å². The van der Waals surface area contributed by atoms with Crippen molar-refractivity contribution in [1.82, 2.24) is 34.4 Å². The second-order valence-electron chi connectivity index (χ2n) is 14.6. The van der Waals surface area contributed by atoms with Crippen LogP contribution in [0.1, 0.15) is 43.0 Å². The molecule has 3 saturated heterocycles. The number of halogens is 2. The average molecular weight is 727 g/mol. The topological polar surface area (TPSA) is 91.1 Å². The van der Waals surface area contributed by atoms with E-state index in [1.54, 1.807) is 42.7 Å². The van der Waals surface area contributed by atoms with Gasteiger partial charge in [-0.25, -0.2) is 18.7 Å². The zero-order valence-electron chi connectivity index (χ0n) is 29.1. The molecular weight excluding hydrogens is 691 g/mol. The summed E-state index contributed by atoms with van der Waals surface area (Å²) in [5, 5.41) is 10.0. The molecule has 3 aliphatic heterocycles. The molecule has 13 heteroatoms. The molecule has 10 nitrogen and oxygen atoms in total. The Morgan fingerprint density at radius 3 is 2.45 bits per heavy atom. The van der Waals surface area contributed by atoms with Crippen LogP contribution in [0.5, 0.6) is 0 Å². The number of likely N-dealkylation sites (N-methyl/N-ethyl adjacent to an activating group) is 1. The van der Waals surface area contributed by atoms with Gasteiger partial charge in [0.25, 0.3) is 0 Å². The highest BCUT2D eigenvalue weighted by Gasteiger charge is 2.37. The smallest absolute Gasteiger partial charge is 0.228 e. The number of benzene rings is 3. The van der Waals surface area contributed by atoms with Gasteiger partial charge in [0.05, 0.1) is 17.0 Å². The van der Waals surface area contributed by atoms with Gasteiger partial charge in [-0.05, 0) is 61.4 Å². The molecule has 10 rings (SSSR count). The largest absolute Gasteiger partial charge is 0.368 e. The summed E-state index contributed by atoms with van der Waals surface area (Å²) < 4.78 is 33.7. The minimum atomic E-state index is -0.577. The third kappa shape index (κ3) is 5.72. The maximum atomic E-state index is 17.0. The highest BCUT2D eigenvalue weighted by Crippen LogP contribution is 2.40. The van der Waals surface area contributed by atoms with Crippen molar-refractivity contribution in [3.8, 4) is 23.6 Å². The Balaban J connectivity index is 0.955. The van der Waals surface area contributed by atoms with E-state index < -0.39 is 11.6 Å². The highest BCUT2D eigenvalue weighted by atomic mass is 32.2. The Morgan fingerprint density at radius 2 is 1.70 bits per heavy atom. The lowest BCUT2D eigenvalue weighted by Gasteiger charge is -2.45. The first-order chi connectivity index (χ1) is 25.9. The minimum Gasteiger partial charge on any atom is -0.368 e. The summed E-state index contributed by atoms with van der Waals surface area (Å²) in [4.78, 5) is 26.8. The average Bonchev–Trinajstić information content (AvgIpc) is 3.81. The molecule has 2 bridgehead atoms. The normalized spacial score (nSPS) is 19.9. The van der Waals surface area contributed by atoms with Crippen LogP contribution in [-0.4, -0.2) is 80.5 Å². The van der Waals surface area contributed by atoms with Crippen LogP contribution in [0, 0.1) is 24.0 Å². The first-order valence-electron chi connectivity index (χ1n) is 18.1. The summed E-state index contributed by atoms with van der Waals surface area (Å²) in [6, 6.07) is 17.8. The van der Waals surface area contributed by atoms with Crippen LogP contribution in [0.15, 0.2) is 72.0 Å². The lowest BCUT2D eigenvalue weighted by Crippen LogP contribution is -2.59. The van der Waals surface area contributed by atoms with Crippen LogP contribution >= 0.6 is 11.9 Å². The van der Waals surface area contributed by atoms with Crippen molar-refractivity contribution in [3.05, 3.63) is 90.1 Å². The predicted octanol–water partition coefficient (Wildman–Crippen LogP) is 6.39. The van der Waals surface area contributed by atoms with Gasteiger partial charge >= 0.3 is 0 Å². The van der Waals surface area contributed by atoms with Crippen molar-refractivity contribution < 1.29 is 8.78 Å². The zero-order chi connectivity index (χ0) is 35.8. The van der Waals surface area contributed by atoms with E-state index in [9.17, 15) is 4.39 Å². The Hall–Kier alpha value is -5.32. The summed E-state index contributed by atoms with van der Waals surface area (Å²) in [7, 11) is 2.10. The number of aromatic nitrogens is 6. The summed E-state index contributed by atoms with van der Waals surface area (Å²) >= 11 is 1.55. The van der Waals surface area contributed by atoms with Gasteiger partial charge in [0.1, 0.15) is 29.2 Å². The standard InChI is InChI=1S/C40H36F2N10S/c1-3-30-33(41)16-9-23-5-4-6-31(34(23)30)36-35(42)37-32(17-43-36)39(50-18-25-10-11-26(19-50)45-25)47-40(46-37)51-20-28(21-51)49(2)27-12-14-29(15-13-27)53-52-22-44-38(48-52)24-7-8-24/h1,4-6,9,12-17,22,24-26,28,45H,7-8,10-11,18-21H2,2H3. The number of hydrogen-bond donors (Lipinski definition) is 1. The Morgan fingerprint density at radius 1 is 0.906 bits per heavy atom. The zero-order valence-corrected chi connectivity index (χ0v) is 29.9. The lowest BCUT2D eigenvalue weighted by molar-refractivity contribution is 0.462. The second-order valence-corrected chi connectivity index (χ2v) is 15.6. The molecule has 4 aliphatic rings. The number of terminal acetylenes is 1. The molecule has 1 N–H and O–H groups in total. The number of nitrogens with zero attached hydrogens (tertiary/aromatic N) is 9. The van der Waals surface area contributed by atoms with Crippen LogP contribution in [0.25, 0.3) is 32.9 Å². The number of anilines is 3. The minimum absolute atomic E-state index is 0.0798. The number of rotatable bonds is 8. The van der Waals surface area contributed by atoms with E-state index in [1.807, 2.05) is 10.2 Å². The lowest BCUT2D eigenvalue weighted by atomic mass is 9.96. The Kier molecular flexibility index (Phi) is 7.73. The molecule has 3 aromatic carbocycles. The van der Waals surface area contributed by atoms with Crippen molar-refractivity contribution in [2.24, 2.45) is 0 Å². The molecule has 53 heavy (non-hydrogen) atoms. The van der Waals surface area contributed by atoms with Crippen LogP contribution in [0.2, 0.25) is 0 Å². The third-order valence-electron chi connectivity index (χ3n) is 11.1. The van der Waals surface area contributed by atoms with Gasteiger partial charge in [0, 0.05) is 90.9 Å². The highest BCUT2D eigenvalue weighted by molar-refractivity contribution is 7.97. The number of hydrogen-bond acceptors (Lipinski definition) is 10. The molecule has 2 atom stereocenters. The van der Waals surface area contributed by atoms with E-state index in [0.29, 0.717) is 64.6 Å². The van der Waals surface area contributed by atoms with E-state index in [0.717, 1.165) is 42.3 Å². The number of fused-ring (bicyclic) bond motifs is 4. The van der Waals surface area contributed by atoms with Gasteiger partial charge in [0.15, 0.2) is 11.6 Å². The molecule has 3 aromatic heterocycles. The van der Waals surface area contributed by atoms with Crippen LogP contribution in [0.4, 0.5) is 26.2 Å². The second kappa shape index (κ2) is 12.7. The fourth-order valence-electron chi connectivity index (χ4n) is 8.02. The molecule has 1 aliphatic carbocycles. The van der Waals surface area contributed by atoms with Crippen molar-refractivity contribution in [1.29, 1.82) is 0 Å². The maximum Gasteiger partial charge on any atom is 0.228 e. The fraction of sp³-hybridized carbons (Fsp3) is 0.325. The van der Waals surface area contributed by atoms with Gasteiger partial charge in [-0.15, -0.1) is 11.5 Å². The predicted molar refractivity (Wildman–Crippen MR) is 204 cm³/mol. The molecule has 6 aromatic rings. The summed E-state index contributed by atoms with van der Waals surface area (Å²) in [6.45, 7) is 2.91. The van der Waals surface area contributed by atoms with Crippen molar-refractivity contribution in [2.45, 2.75) is 54.6 Å². The maximum absolute atomic E-state index is 17.0. The monoisotopic (exact) mass is 726 g/mol. The fourth-order valence-corrected chi connectivity index (χ4v) is 8.71. The summed E-state index contributed by atoms with van der Waals surface area (Å²) in [6.07, 6.45) is 13.8. The Labute approximate surface area is 309 Å². The number of nitrogens with one attached hydrogen (secondary N) is 1. The molecule has 0 radical (unpaired) electrons. The molecule has 2 unspecified atom stereocenters. The Bertz CT molecular complexity index is 2420. The van der Waals surface area contributed by atoms with Gasteiger partial charge in [-0.2, -0.15) is 9.07 Å². The third-order valence-corrected chi connectivity index (χ3v) is 12.0. The van der Waals surface area contributed by atoms with E-state index >= 15 is 4.39 Å². The van der Waals surface area contributed by atoms with Crippen LogP contribution in [0.3, 0.4) is 0 Å². The molecule has 0 amide bonds. The van der Waals surface area contributed by atoms with E-state index in [-0.39, 0.29) is 22.8 Å². The van der Waals surface area contributed by atoms with E-state index in [1.165, 1.54) is 18.9 Å². The first-order valence-corrected chi connectivity index (χ1v) is 18.9. The molecule has 4 fully saturated rings. The first kappa shape index (κ1) is 32.3. The van der Waals surface area contributed by atoms with Gasteiger partial charge in [-0.1, -0.05) is 30.2 Å². The number of pyridine rings is 1. The SMILES string of the molecule is C#Cc1c(F)ccc2cccc(-c3ncc4c(N5CC6CCC(C5)N6)nc(N5CC(N(C)c6ccc(Sn7cnc(C8CC8)n7)cc6)C5)nc4c3F)c12. The number of piperazine rings is 1. The molecular formula is C40H36F2N10S. The molecule has 6 heterocycles. The summed E-state index contributed by atoms with van der Waals surface area (Å²) in [5.41, 5.74) is 1.89. The summed E-state index contributed by atoms with van der Waals surface area (Å²) in [5.74, 6) is 4.00. The quantitative estimate of drug-likeness (QED) is 0.178. The van der Waals surface area contributed by atoms with Gasteiger partial charge < -0.3 is 20.0 Å². The van der Waals surface area contributed by atoms with Crippen molar-refractivity contribution in [2.75, 3.05) is 47.9 Å². The van der Waals surface area contributed by atoms with Crippen molar-refractivity contribution in [3.63, 3.8) is 0 Å². The van der Waals surface area contributed by atoms with Crippen LogP contribution in [-0.2, 0) is 0 Å². The van der Waals surface area contributed by atoms with Gasteiger partial charge in [0.2, 0.25) is 5.95 Å². The molecule has 1 saturated carbocycles. The van der Waals surface area contributed by atoms with Gasteiger partial charge in [-0.3, -0.25) is 4.98 Å². The van der Waals surface area contributed by atoms with Crippen LogP contribution < -0.4 is 20.0 Å². The molecule has 0 spiro atoms. The molecule has 266 valence electrons. The van der Waals surface area contributed by atoms with E-state index in [4.69, 9.17) is 16.4 Å². The van der Waals surface area contributed by atoms with E-state index in [2.05, 4.69) is 72.3 Å².